The normalized spacial score (nSPS) is 28.9. The molecule has 0 spiro atoms. The fourth-order valence-electron chi connectivity index (χ4n) is 6.48. The van der Waals surface area contributed by atoms with Crippen LogP contribution in [0.15, 0.2) is 24.3 Å². The van der Waals surface area contributed by atoms with Gasteiger partial charge in [0.25, 0.3) is 0 Å². The van der Waals surface area contributed by atoms with Gasteiger partial charge in [0.15, 0.2) is 0 Å². The van der Waals surface area contributed by atoms with E-state index < -0.39 is 0 Å². The van der Waals surface area contributed by atoms with Crippen molar-refractivity contribution in [3.8, 4) is 0 Å². The molecule has 2 saturated carbocycles. The minimum absolute atomic E-state index is 0.119. The molecule has 0 aromatic rings. The minimum atomic E-state index is -0.379. The number of amides is 2. The average Bonchev–Trinajstić information content (AvgIpc) is 2.80. The van der Waals surface area contributed by atoms with Gasteiger partial charge in [-0.25, -0.2) is 9.59 Å². The Morgan fingerprint density at radius 2 is 1.16 bits per heavy atom. The second-order valence-corrected chi connectivity index (χ2v) is 12.7. The smallest absolute Gasteiger partial charge is 0.407 e. The molecule has 0 bridgehead atoms. The molecule has 4 aliphatic rings. The molecule has 0 aromatic carbocycles. The van der Waals surface area contributed by atoms with Crippen LogP contribution in [0, 0.1) is 22.7 Å². The van der Waals surface area contributed by atoms with Gasteiger partial charge >= 0.3 is 12.2 Å². The minimum Gasteiger partial charge on any atom is -0.449 e. The molecule has 0 saturated heterocycles. The zero-order valence-corrected chi connectivity index (χ0v) is 23.5. The second-order valence-electron chi connectivity index (χ2n) is 12.7. The number of alkyl carbamates (subject to hydrolysis) is 2. The lowest BCUT2D eigenvalue weighted by Crippen LogP contribution is -2.43. The first-order valence-corrected chi connectivity index (χ1v) is 15.0. The zero-order chi connectivity index (χ0) is 27.0. The molecule has 2 N–H and O–H groups in total. The van der Waals surface area contributed by atoms with E-state index in [2.05, 4.69) is 34.9 Å². The molecule has 4 aliphatic carbocycles. The summed E-state index contributed by atoms with van der Waals surface area (Å²) >= 11 is 0. The first-order chi connectivity index (χ1) is 18.3. The van der Waals surface area contributed by atoms with E-state index in [1.54, 1.807) is 0 Å². The highest BCUT2D eigenvalue weighted by molar-refractivity contribution is 5.80. The van der Waals surface area contributed by atoms with Crippen molar-refractivity contribution in [3.63, 3.8) is 0 Å². The van der Waals surface area contributed by atoms with E-state index >= 15 is 0 Å². The molecular formula is C31H48N2O5. The van der Waals surface area contributed by atoms with Gasteiger partial charge in [-0.3, -0.25) is 4.79 Å². The maximum absolute atomic E-state index is 13.5. The van der Waals surface area contributed by atoms with Gasteiger partial charge in [-0.05, 0) is 89.9 Å². The highest BCUT2D eigenvalue weighted by Gasteiger charge is 2.39. The summed E-state index contributed by atoms with van der Waals surface area (Å²) in [5.74, 6) is 1.25. The zero-order valence-electron chi connectivity index (χ0n) is 23.5. The molecule has 0 aliphatic heterocycles. The Kier molecular flexibility index (Phi) is 9.94. The Morgan fingerprint density at radius 1 is 0.737 bits per heavy atom. The van der Waals surface area contributed by atoms with Gasteiger partial charge in [-0.15, -0.1) is 0 Å². The molecule has 7 heteroatoms. The van der Waals surface area contributed by atoms with Crippen LogP contribution < -0.4 is 10.6 Å². The molecule has 0 aromatic heterocycles. The lowest BCUT2D eigenvalue weighted by Gasteiger charge is -2.38. The molecule has 7 nitrogen and oxygen atoms in total. The third-order valence-corrected chi connectivity index (χ3v) is 9.69. The van der Waals surface area contributed by atoms with Crippen molar-refractivity contribution in [2.24, 2.45) is 22.7 Å². The Labute approximate surface area is 228 Å². The van der Waals surface area contributed by atoms with Crippen LogP contribution in [-0.4, -0.2) is 43.3 Å². The lowest BCUT2D eigenvalue weighted by molar-refractivity contribution is -0.125. The summed E-state index contributed by atoms with van der Waals surface area (Å²) in [6.45, 7) is 4.58. The topological polar surface area (TPSA) is 93.7 Å². The van der Waals surface area contributed by atoms with E-state index in [-0.39, 0.29) is 54.1 Å². The van der Waals surface area contributed by atoms with E-state index in [1.165, 1.54) is 12.8 Å². The summed E-state index contributed by atoms with van der Waals surface area (Å²) in [4.78, 5) is 38.6. The fourth-order valence-corrected chi connectivity index (χ4v) is 6.48. The van der Waals surface area contributed by atoms with Crippen molar-refractivity contribution < 1.29 is 23.9 Å². The van der Waals surface area contributed by atoms with Crippen LogP contribution in [0.2, 0.25) is 0 Å². The standard InChI is InChI=1S/C31H48N2O5/c1-23(25-11-9-12-25)32-28(35)37-21-30(15-5-3-6-16-30)19-27(34)20-31(17-7-4-8-18-31)22-38-29(36)33-24(2)26-13-10-14-26/h3-5,7,23-26H,6,8-22H2,1-2H3,(H,32,35)(H,33,36). The molecule has 38 heavy (non-hydrogen) atoms. The van der Waals surface area contributed by atoms with Crippen molar-refractivity contribution in [2.75, 3.05) is 13.2 Å². The van der Waals surface area contributed by atoms with E-state index in [4.69, 9.17) is 9.47 Å². The molecule has 2 fully saturated rings. The number of hydrogen-bond donors (Lipinski definition) is 2. The van der Waals surface area contributed by atoms with Gasteiger partial charge in [0.05, 0.1) is 13.2 Å². The Balaban J connectivity index is 1.30. The molecule has 0 heterocycles. The maximum atomic E-state index is 13.5. The Bertz CT molecular complexity index is 823. The number of carbonyl (C=O) groups excluding carboxylic acids is 3. The van der Waals surface area contributed by atoms with Crippen molar-refractivity contribution in [1.82, 2.24) is 10.6 Å². The number of nitrogens with one attached hydrogen (secondary N) is 2. The first-order valence-electron chi connectivity index (χ1n) is 15.0. The van der Waals surface area contributed by atoms with Crippen molar-refractivity contribution in [3.05, 3.63) is 24.3 Å². The van der Waals surface area contributed by atoms with E-state index in [1.807, 2.05) is 13.8 Å². The summed E-state index contributed by atoms with van der Waals surface area (Å²) in [5, 5.41) is 5.98. The maximum Gasteiger partial charge on any atom is 0.407 e. The fraction of sp³-hybridized carbons (Fsp3) is 0.774. The largest absolute Gasteiger partial charge is 0.449 e. The number of carbonyl (C=O) groups is 3. The number of ketones is 1. The summed E-state index contributed by atoms with van der Waals surface area (Å²) in [6, 6.07) is 0.237. The van der Waals surface area contributed by atoms with Crippen LogP contribution in [0.25, 0.3) is 0 Å². The Hall–Kier alpha value is -2.31. The lowest BCUT2D eigenvalue weighted by atomic mass is 9.69. The predicted octanol–water partition coefficient (Wildman–Crippen LogP) is 6.62. The summed E-state index contributed by atoms with van der Waals surface area (Å²) < 4.78 is 11.4. The average molecular weight is 529 g/mol. The summed E-state index contributed by atoms with van der Waals surface area (Å²) in [7, 11) is 0. The third kappa shape index (κ3) is 7.86. The van der Waals surface area contributed by atoms with Crippen LogP contribution in [-0.2, 0) is 14.3 Å². The predicted molar refractivity (Wildman–Crippen MR) is 148 cm³/mol. The first kappa shape index (κ1) is 28.7. The van der Waals surface area contributed by atoms with Crippen LogP contribution >= 0.6 is 0 Å². The number of allylic oxidation sites excluding steroid dienone is 4. The Morgan fingerprint density at radius 3 is 1.47 bits per heavy atom. The van der Waals surface area contributed by atoms with Crippen LogP contribution in [0.3, 0.4) is 0 Å². The van der Waals surface area contributed by atoms with Crippen LogP contribution in [0.1, 0.15) is 104 Å². The molecule has 4 atom stereocenters. The van der Waals surface area contributed by atoms with Gasteiger partial charge in [0.2, 0.25) is 0 Å². The molecule has 2 amide bonds. The monoisotopic (exact) mass is 528 g/mol. The third-order valence-electron chi connectivity index (χ3n) is 9.69. The van der Waals surface area contributed by atoms with Crippen molar-refractivity contribution in [1.29, 1.82) is 0 Å². The number of Topliss-reactive ketones (excluding diaryl/α,β-unsaturated/α-hetero) is 1. The highest BCUT2D eigenvalue weighted by atomic mass is 16.6. The van der Waals surface area contributed by atoms with E-state index in [0.29, 0.717) is 24.7 Å². The molecule has 4 unspecified atom stereocenters. The van der Waals surface area contributed by atoms with E-state index in [9.17, 15) is 14.4 Å². The molecule has 212 valence electrons. The van der Waals surface area contributed by atoms with Crippen molar-refractivity contribution in [2.45, 2.75) is 116 Å². The summed E-state index contributed by atoms with van der Waals surface area (Å²) in [6.07, 6.45) is 20.5. The van der Waals surface area contributed by atoms with Gasteiger partial charge in [-0.2, -0.15) is 0 Å². The van der Waals surface area contributed by atoms with Crippen molar-refractivity contribution >= 4 is 18.0 Å². The van der Waals surface area contributed by atoms with Gasteiger partial charge in [-0.1, -0.05) is 37.1 Å². The van der Waals surface area contributed by atoms with Gasteiger partial charge in [0, 0.05) is 35.8 Å². The van der Waals surface area contributed by atoms with Crippen LogP contribution in [0.5, 0.6) is 0 Å². The summed E-state index contributed by atoms with van der Waals surface area (Å²) in [5.41, 5.74) is -0.740. The second kappa shape index (κ2) is 13.2. The van der Waals surface area contributed by atoms with Gasteiger partial charge < -0.3 is 20.1 Å². The highest BCUT2D eigenvalue weighted by Crippen LogP contribution is 2.42. The quantitative estimate of drug-likeness (QED) is 0.278. The SMILES string of the molecule is CC(NC(=O)OCC1(CC(=O)CC2(COC(=O)NC(C)C3CCC3)CC=CCC2)CC=CCC1)C1CCC1. The van der Waals surface area contributed by atoms with Gasteiger partial charge in [0.1, 0.15) is 5.78 Å². The number of rotatable bonds is 12. The number of hydrogen-bond acceptors (Lipinski definition) is 5. The van der Waals surface area contributed by atoms with Crippen LogP contribution in [0.4, 0.5) is 9.59 Å². The van der Waals surface area contributed by atoms with E-state index in [0.717, 1.165) is 64.2 Å². The number of ether oxygens (including phenoxy) is 2. The molecular weight excluding hydrogens is 480 g/mol. The molecule has 4 rings (SSSR count). The molecule has 0 radical (unpaired) electrons.